The Kier molecular flexibility index (Phi) is 2.79. The number of hydrogen-bond acceptors (Lipinski definition) is 3. The molecule has 2 nitrogen and oxygen atoms in total. The highest BCUT2D eigenvalue weighted by atomic mass is 32.2. The van der Waals surface area contributed by atoms with Gasteiger partial charge in [0.25, 0.3) is 0 Å². The van der Waals surface area contributed by atoms with Gasteiger partial charge in [0.2, 0.25) is 0 Å². The van der Waals surface area contributed by atoms with Gasteiger partial charge in [-0.25, -0.2) is 0 Å². The Bertz CT molecular complexity index is 248. The lowest BCUT2D eigenvalue weighted by Gasteiger charge is -2.04. The number of hydrogen-bond donors (Lipinski definition) is 1. The van der Waals surface area contributed by atoms with E-state index in [9.17, 15) is 0 Å². The number of rotatable bonds is 2. The van der Waals surface area contributed by atoms with Crippen LogP contribution in [0.4, 0.5) is 0 Å². The molecule has 0 atom stereocenters. The lowest BCUT2D eigenvalue weighted by Crippen LogP contribution is -1.86. The molecule has 0 aliphatic heterocycles. The fraction of sp³-hybridized carbons (Fsp3) is 0.250. The average Bonchev–Trinajstić information content (AvgIpc) is 2.04. The molecule has 11 heavy (non-hydrogen) atoms. The number of aryl methyl sites for hydroxylation is 1. The quantitative estimate of drug-likeness (QED) is 0.692. The first-order valence-electron chi connectivity index (χ1n) is 3.24. The van der Waals surface area contributed by atoms with E-state index < -0.39 is 0 Å². The molecule has 0 aliphatic carbocycles. The van der Waals surface area contributed by atoms with Crippen LogP contribution in [0.15, 0.2) is 23.1 Å². The second-order valence-electron chi connectivity index (χ2n) is 2.22. The zero-order valence-electron chi connectivity index (χ0n) is 6.50. The van der Waals surface area contributed by atoms with E-state index in [1.54, 1.807) is 7.11 Å². The van der Waals surface area contributed by atoms with Crippen LogP contribution in [0.2, 0.25) is 0 Å². The van der Waals surface area contributed by atoms with Gasteiger partial charge in [-0.3, -0.25) is 0 Å². The summed E-state index contributed by atoms with van der Waals surface area (Å²) in [6.07, 6.45) is 0. The predicted octanol–water partition coefficient (Wildman–Crippen LogP) is 2.57. The summed E-state index contributed by atoms with van der Waals surface area (Å²) in [4.78, 5) is 0.836. The molecule has 0 aromatic heterocycles. The monoisotopic (exact) mass is 170 g/mol. The van der Waals surface area contributed by atoms with Crippen molar-refractivity contribution in [3.63, 3.8) is 0 Å². The van der Waals surface area contributed by atoms with Crippen LogP contribution in [0.1, 0.15) is 5.56 Å². The van der Waals surface area contributed by atoms with E-state index in [-0.39, 0.29) is 0 Å². The van der Waals surface area contributed by atoms with Crippen LogP contribution >= 0.6 is 12.0 Å². The molecule has 0 aliphatic rings. The highest BCUT2D eigenvalue weighted by Gasteiger charge is 1.98. The van der Waals surface area contributed by atoms with E-state index in [0.717, 1.165) is 28.3 Å². The van der Waals surface area contributed by atoms with E-state index >= 15 is 0 Å². The van der Waals surface area contributed by atoms with Gasteiger partial charge < -0.3 is 9.29 Å². The highest BCUT2D eigenvalue weighted by molar-refractivity contribution is 7.93. The first-order chi connectivity index (χ1) is 5.27. The van der Waals surface area contributed by atoms with Gasteiger partial charge in [-0.1, -0.05) is 0 Å². The third-order valence-electron chi connectivity index (χ3n) is 1.47. The Morgan fingerprint density at radius 2 is 2.18 bits per heavy atom. The van der Waals surface area contributed by atoms with Gasteiger partial charge in [0.1, 0.15) is 5.75 Å². The number of benzene rings is 1. The average molecular weight is 170 g/mol. The second kappa shape index (κ2) is 3.64. The first kappa shape index (κ1) is 8.43. The summed E-state index contributed by atoms with van der Waals surface area (Å²) >= 11 is 0.747. The molecule has 0 bridgehead atoms. The molecule has 3 heteroatoms. The topological polar surface area (TPSA) is 29.5 Å². The Balaban J connectivity index is 2.99. The maximum absolute atomic E-state index is 8.70. The molecular formula is C8H10O2S. The fourth-order valence-electron chi connectivity index (χ4n) is 0.908. The van der Waals surface area contributed by atoms with Gasteiger partial charge in [0.15, 0.2) is 0 Å². The van der Waals surface area contributed by atoms with Crippen molar-refractivity contribution in [3.05, 3.63) is 23.8 Å². The molecule has 60 valence electrons. The zero-order valence-corrected chi connectivity index (χ0v) is 7.31. The molecule has 0 spiro atoms. The molecule has 1 rings (SSSR count). The van der Waals surface area contributed by atoms with E-state index in [1.165, 1.54) is 0 Å². The minimum atomic E-state index is 0.747. The summed E-state index contributed by atoms with van der Waals surface area (Å²) in [6.45, 7) is 1.94. The molecule has 0 saturated heterocycles. The van der Waals surface area contributed by atoms with Crippen LogP contribution in [0.3, 0.4) is 0 Å². The van der Waals surface area contributed by atoms with Crippen LogP contribution < -0.4 is 4.74 Å². The molecule has 0 saturated carbocycles. The minimum Gasteiger partial charge on any atom is -0.496 e. The van der Waals surface area contributed by atoms with Gasteiger partial charge in [-0.2, -0.15) is 0 Å². The van der Waals surface area contributed by atoms with E-state index in [2.05, 4.69) is 0 Å². The van der Waals surface area contributed by atoms with Crippen molar-refractivity contribution in [1.82, 2.24) is 0 Å². The lowest BCUT2D eigenvalue weighted by atomic mass is 10.2. The summed E-state index contributed by atoms with van der Waals surface area (Å²) in [5.74, 6) is 0.850. The molecule has 0 heterocycles. The molecule has 0 fully saturated rings. The van der Waals surface area contributed by atoms with Crippen molar-refractivity contribution in [2.45, 2.75) is 11.8 Å². The molecular weight excluding hydrogens is 160 g/mol. The van der Waals surface area contributed by atoms with Crippen LogP contribution in [0.25, 0.3) is 0 Å². The molecule has 1 aromatic carbocycles. The normalized spacial score (nSPS) is 9.73. The first-order valence-corrected chi connectivity index (χ1v) is 4.01. The van der Waals surface area contributed by atoms with Crippen molar-refractivity contribution in [2.24, 2.45) is 0 Å². The number of methoxy groups -OCH3 is 1. The van der Waals surface area contributed by atoms with E-state index in [1.807, 2.05) is 25.1 Å². The Labute approximate surface area is 70.4 Å². The van der Waals surface area contributed by atoms with Gasteiger partial charge in [-0.15, -0.1) is 0 Å². The van der Waals surface area contributed by atoms with Crippen molar-refractivity contribution in [2.75, 3.05) is 7.11 Å². The summed E-state index contributed by atoms with van der Waals surface area (Å²) < 4.78 is 13.8. The van der Waals surface area contributed by atoms with Crippen molar-refractivity contribution < 1.29 is 9.29 Å². The minimum absolute atomic E-state index is 0.747. The summed E-state index contributed by atoms with van der Waals surface area (Å²) in [5, 5.41) is 0. The van der Waals surface area contributed by atoms with Crippen LogP contribution in [0.5, 0.6) is 5.75 Å². The predicted molar refractivity (Wildman–Crippen MR) is 46.2 cm³/mol. The largest absolute Gasteiger partial charge is 0.496 e. The van der Waals surface area contributed by atoms with Gasteiger partial charge in [0.05, 0.1) is 7.11 Å². The SMILES string of the molecule is COc1ccc(SO)cc1C. The van der Waals surface area contributed by atoms with Crippen LogP contribution in [-0.4, -0.2) is 11.7 Å². The Morgan fingerprint density at radius 1 is 1.45 bits per heavy atom. The smallest absolute Gasteiger partial charge is 0.121 e. The Hall–Kier alpha value is -0.670. The third kappa shape index (κ3) is 1.88. The highest BCUT2D eigenvalue weighted by Crippen LogP contribution is 2.23. The van der Waals surface area contributed by atoms with Gasteiger partial charge in [-0.05, 0) is 30.7 Å². The summed E-state index contributed by atoms with van der Waals surface area (Å²) in [7, 11) is 1.63. The van der Waals surface area contributed by atoms with Gasteiger partial charge >= 0.3 is 0 Å². The lowest BCUT2D eigenvalue weighted by molar-refractivity contribution is 0.411. The van der Waals surface area contributed by atoms with Gasteiger partial charge in [0, 0.05) is 16.9 Å². The molecule has 0 unspecified atom stereocenters. The molecule has 1 N–H and O–H groups in total. The standard InChI is InChI=1S/C8H10O2S/c1-6-5-7(11-9)3-4-8(6)10-2/h3-5,9H,1-2H3. The van der Waals surface area contributed by atoms with Crippen LogP contribution in [0, 0.1) is 6.92 Å². The van der Waals surface area contributed by atoms with Crippen LogP contribution in [-0.2, 0) is 0 Å². The summed E-state index contributed by atoms with van der Waals surface area (Å²) in [5.41, 5.74) is 1.03. The van der Waals surface area contributed by atoms with Crippen molar-refractivity contribution in [1.29, 1.82) is 0 Å². The molecule has 0 radical (unpaired) electrons. The fourth-order valence-corrected chi connectivity index (χ4v) is 1.27. The molecule has 1 aromatic rings. The molecule has 0 amide bonds. The van der Waals surface area contributed by atoms with E-state index in [4.69, 9.17) is 9.29 Å². The third-order valence-corrected chi connectivity index (χ3v) is 1.94. The maximum Gasteiger partial charge on any atom is 0.121 e. The summed E-state index contributed by atoms with van der Waals surface area (Å²) in [6, 6.07) is 5.54. The van der Waals surface area contributed by atoms with E-state index in [0.29, 0.717) is 0 Å². The Morgan fingerprint density at radius 3 is 2.64 bits per heavy atom. The second-order valence-corrected chi connectivity index (χ2v) is 2.88. The number of ether oxygens (including phenoxy) is 1. The zero-order chi connectivity index (χ0) is 8.27. The maximum atomic E-state index is 8.70. The van der Waals surface area contributed by atoms with Crippen molar-refractivity contribution in [3.8, 4) is 5.75 Å². The van der Waals surface area contributed by atoms with Crippen molar-refractivity contribution >= 4 is 12.0 Å².